The van der Waals surface area contributed by atoms with E-state index >= 15 is 4.39 Å². The van der Waals surface area contributed by atoms with Gasteiger partial charge in [0, 0.05) is 73.8 Å². The minimum atomic E-state index is -3.39. The van der Waals surface area contributed by atoms with Crippen molar-refractivity contribution in [1.82, 2.24) is 30.0 Å². The number of hydrogen-bond donors (Lipinski definition) is 2. The molecule has 304 valence electrons. The van der Waals surface area contributed by atoms with E-state index in [9.17, 15) is 23.6 Å². The van der Waals surface area contributed by atoms with Crippen LogP contribution in [-0.2, 0) is 9.59 Å². The second kappa shape index (κ2) is 16.8. The molecule has 3 fully saturated rings. The third kappa shape index (κ3) is 8.13. The summed E-state index contributed by atoms with van der Waals surface area (Å²) in [5, 5.41) is 5.71. The van der Waals surface area contributed by atoms with Gasteiger partial charge in [0.15, 0.2) is 11.5 Å². The number of ether oxygens (including phenoxy) is 2. The molecule has 2 N–H and O–H groups in total. The molecular formula is C41H43ClF2N8O6. The number of amides is 4. The lowest BCUT2D eigenvalue weighted by Gasteiger charge is -2.39. The van der Waals surface area contributed by atoms with Crippen molar-refractivity contribution in [1.29, 1.82) is 0 Å². The lowest BCUT2D eigenvalue weighted by Crippen LogP contribution is -2.54. The Bertz CT molecular complexity index is 2620. The molecule has 1 aromatic heterocycles. The maximum atomic E-state index is 15.8. The fraction of sp³-hybridized carbons (Fsp3) is 0.415. The van der Waals surface area contributed by atoms with Crippen LogP contribution in [0.15, 0.2) is 48.8 Å². The molecular weight excluding hydrogens is 774 g/mol. The topological polar surface area (TPSA) is 150 Å². The Kier molecular flexibility index (Phi) is 8.86. The largest absolute Gasteiger partial charge is 0.493 e. The fourth-order valence-electron chi connectivity index (χ4n) is 7.43. The number of nitrogens with zero attached hydrogens (tertiary/aromatic N) is 6. The number of carbonyl (C=O) groups is 4. The zero-order valence-electron chi connectivity index (χ0n) is 39.1. The monoisotopic (exact) mass is 824 g/mol. The van der Waals surface area contributed by atoms with E-state index in [1.807, 2.05) is 5.32 Å². The van der Waals surface area contributed by atoms with Crippen LogP contribution in [0.1, 0.15) is 63.8 Å². The number of halogens is 3. The first-order valence-corrected chi connectivity index (χ1v) is 19.0. The van der Waals surface area contributed by atoms with Crippen LogP contribution < -0.4 is 25.0 Å². The molecule has 0 radical (unpaired) electrons. The molecule has 58 heavy (non-hydrogen) atoms. The number of benzene rings is 3. The molecule has 3 saturated heterocycles. The molecule has 8 rings (SSSR count). The van der Waals surface area contributed by atoms with Crippen LogP contribution in [0.3, 0.4) is 0 Å². The molecule has 0 spiro atoms. The first-order chi connectivity index (χ1) is 31.1. The van der Waals surface area contributed by atoms with E-state index in [0.717, 1.165) is 6.07 Å². The van der Waals surface area contributed by atoms with Gasteiger partial charge >= 0.3 is 0 Å². The lowest BCUT2D eigenvalue weighted by molar-refractivity contribution is -0.136. The van der Waals surface area contributed by atoms with Crippen molar-refractivity contribution in [3.05, 3.63) is 76.6 Å². The summed E-state index contributed by atoms with van der Waals surface area (Å²) < 4.78 is 113. The number of rotatable bonds is 12. The molecule has 4 amide bonds. The molecule has 5 heterocycles. The molecule has 1 atom stereocenters. The van der Waals surface area contributed by atoms with Gasteiger partial charge in [-0.1, -0.05) is 11.6 Å². The normalized spacial score (nSPS) is 25.0. The van der Waals surface area contributed by atoms with Gasteiger partial charge in [-0.2, -0.15) is 0 Å². The Balaban J connectivity index is 0.908. The molecule has 14 nitrogen and oxygen atoms in total. The Hall–Kier alpha value is -5.45. The average molecular weight is 825 g/mol. The third-order valence-corrected chi connectivity index (χ3v) is 10.7. The van der Waals surface area contributed by atoms with Crippen LogP contribution in [-0.4, -0.2) is 120 Å². The van der Waals surface area contributed by atoms with E-state index in [-0.39, 0.29) is 41.8 Å². The van der Waals surface area contributed by atoms with Crippen molar-refractivity contribution < 1.29 is 48.4 Å². The van der Waals surface area contributed by atoms with Gasteiger partial charge in [0.05, 0.1) is 40.9 Å². The van der Waals surface area contributed by atoms with Gasteiger partial charge in [-0.15, -0.1) is 0 Å². The van der Waals surface area contributed by atoms with E-state index in [4.69, 9.17) is 32.0 Å². The van der Waals surface area contributed by atoms with Gasteiger partial charge in [-0.25, -0.2) is 18.7 Å². The van der Waals surface area contributed by atoms with Crippen LogP contribution in [0.4, 0.5) is 26.0 Å². The van der Waals surface area contributed by atoms with Gasteiger partial charge in [0.25, 0.3) is 11.8 Å². The summed E-state index contributed by atoms with van der Waals surface area (Å²) in [6.45, 7) is -11.7. The zero-order chi connectivity index (χ0) is 47.7. The molecule has 1 unspecified atom stereocenters. The van der Waals surface area contributed by atoms with Crippen LogP contribution in [0.5, 0.6) is 11.5 Å². The van der Waals surface area contributed by atoms with Crippen molar-refractivity contribution in [2.24, 2.45) is 5.92 Å². The highest BCUT2D eigenvalue weighted by molar-refractivity contribution is 6.31. The standard InChI is InChI=1S/C41H43ClF2N8O6/c1-57-34-21-32-27(38(46-23-45-32)47-25-3-4-30(43)29(42)17-25)20-35(34)58-16-2-9-49-10-7-24(8-11-49)22-50-12-14-51(15-13-50)26-18-28-37(31(44)19-26)41(56)52(40(28)55)33-5-6-36(53)48-39(33)54/h3-4,17-21,23-24,33H,2,5-16,22H2,1H3,(H,45,46,47)(H,48,53,54)/i12D2,13D2,14D2,15D2. The first kappa shape index (κ1) is 30.6. The number of carbonyl (C=O) groups excluding carboxylic acids is 4. The van der Waals surface area contributed by atoms with Crippen molar-refractivity contribution in [3.63, 3.8) is 0 Å². The van der Waals surface area contributed by atoms with Gasteiger partial charge in [-0.05, 0) is 81.1 Å². The zero-order valence-corrected chi connectivity index (χ0v) is 31.9. The molecule has 4 aliphatic rings. The van der Waals surface area contributed by atoms with Gasteiger partial charge < -0.3 is 24.6 Å². The summed E-state index contributed by atoms with van der Waals surface area (Å²) in [5.41, 5.74) is -1.11. The highest BCUT2D eigenvalue weighted by Gasteiger charge is 2.46. The van der Waals surface area contributed by atoms with E-state index in [1.165, 1.54) is 31.6 Å². The van der Waals surface area contributed by atoms with Gasteiger partial charge in [0.2, 0.25) is 11.8 Å². The number of anilines is 3. The van der Waals surface area contributed by atoms with Crippen molar-refractivity contribution in [2.75, 3.05) is 76.1 Å². The predicted octanol–water partition coefficient (Wildman–Crippen LogP) is 5.02. The van der Waals surface area contributed by atoms with Gasteiger partial charge in [-0.3, -0.25) is 34.3 Å². The minimum Gasteiger partial charge on any atom is -0.493 e. The van der Waals surface area contributed by atoms with Crippen LogP contribution in [0, 0.1) is 17.6 Å². The van der Waals surface area contributed by atoms with E-state index in [2.05, 4.69) is 20.2 Å². The number of likely N-dealkylation sites (tertiary alicyclic amines) is 1. The molecule has 0 bridgehead atoms. The number of piperidine rings is 2. The van der Waals surface area contributed by atoms with Crippen molar-refractivity contribution in [2.45, 2.75) is 38.1 Å². The van der Waals surface area contributed by atoms with E-state index in [1.54, 1.807) is 12.1 Å². The maximum absolute atomic E-state index is 15.8. The van der Waals surface area contributed by atoms with Gasteiger partial charge in [0.1, 0.15) is 29.8 Å². The third-order valence-electron chi connectivity index (χ3n) is 10.5. The summed E-state index contributed by atoms with van der Waals surface area (Å²) in [6, 6.07) is 7.51. The number of methoxy groups -OCH3 is 1. The van der Waals surface area contributed by atoms with E-state index < -0.39 is 84.1 Å². The average Bonchev–Trinajstić information content (AvgIpc) is 3.50. The summed E-state index contributed by atoms with van der Waals surface area (Å²) in [5.74, 6) is -4.99. The fourth-order valence-corrected chi connectivity index (χ4v) is 7.61. The summed E-state index contributed by atoms with van der Waals surface area (Å²) >= 11 is 5.96. The molecule has 4 aliphatic heterocycles. The van der Waals surface area contributed by atoms with Crippen LogP contribution in [0.25, 0.3) is 10.9 Å². The summed E-state index contributed by atoms with van der Waals surface area (Å²) in [4.78, 5) is 63.0. The van der Waals surface area contributed by atoms with Crippen LogP contribution in [0.2, 0.25) is 5.02 Å². The van der Waals surface area contributed by atoms with Crippen molar-refractivity contribution >= 4 is 63.3 Å². The molecule has 3 aromatic carbocycles. The number of imide groups is 2. The molecule has 0 aliphatic carbocycles. The SMILES string of the molecule is [2H]C1([2H])N(CC2CCN(CCCOc3cc4c(Nc5ccc(F)c(Cl)c5)ncnc4cc3OC)CC2)C([2H])([2H])C([2H])([2H])N(c2cc(F)c3c(c2)C(=O)N(C2CCC(=O)NC2=O)C3=O)C1([2H])[2H]. The maximum Gasteiger partial charge on any atom is 0.265 e. The highest BCUT2D eigenvalue weighted by atomic mass is 35.5. The summed E-state index contributed by atoms with van der Waals surface area (Å²) in [7, 11) is 1.50. The quantitative estimate of drug-likeness (QED) is 0.146. The predicted molar refractivity (Wildman–Crippen MR) is 212 cm³/mol. The van der Waals surface area contributed by atoms with E-state index in [0.29, 0.717) is 88.7 Å². The Morgan fingerprint density at radius 2 is 1.72 bits per heavy atom. The second-order valence-corrected chi connectivity index (χ2v) is 14.6. The number of aromatic nitrogens is 2. The first-order valence-electron chi connectivity index (χ1n) is 22.6. The molecule has 4 aromatic rings. The molecule has 0 saturated carbocycles. The van der Waals surface area contributed by atoms with Crippen molar-refractivity contribution in [3.8, 4) is 11.5 Å². The Labute approximate surface area is 349 Å². The summed E-state index contributed by atoms with van der Waals surface area (Å²) in [6.07, 6.45) is 2.42. The number of hydrogen-bond acceptors (Lipinski definition) is 12. The molecule has 17 heteroatoms. The smallest absolute Gasteiger partial charge is 0.265 e. The second-order valence-electron chi connectivity index (χ2n) is 14.2. The number of nitrogens with one attached hydrogen (secondary N) is 2. The minimum absolute atomic E-state index is 0.0546. The number of piperazine rings is 1. The Morgan fingerprint density at radius 1 is 0.931 bits per heavy atom. The lowest BCUT2D eigenvalue weighted by atomic mass is 9.95. The highest BCUT2D eigenvalue weighted by Crippen LogP contribution is 2.36. The Morgan fingerprint density at radius 3 is 2.47 bits per heavy atom. The van der Waals surface area contributed by atoms with Crippen LogP contribution >= 0.6 is 11.6 Å². The number of fused-ring (bicyclic) bond motifs is 2.